The van der Waals surface area contributed by atoms with Gasteiger partial charge in [0.25, 0.3) is 0 Å². The Hall–Kier alpha value is -6.52. The van der Waals surface area contributed by atoms with Crippen molar-refractivity contribution in [3.05, 3.63) is 199 Å². The SMILES string of the molecule is N/C(=C\C(=C/CC1=CC=CCC(n2c3ccccc3c3cc4c5ccccc5n(-c5ccccc5)c4cc32)N1)c1ccccc1)c1ccccc1. The van der Waals surface area contributed by atoms with Crippen molar-refractivity contribution in [3.63, 3.8) is 0 Å². The lowest BCUT2D eigenvalue weighted by Crippen LogP contribution is -2.25. The lowest BCUT2D eigenvalue weighted by Gasteiger charge is -2.23. The highest BCUT2D eigenvalue weighted by molar-refractivity contribution is 6.18. The van der Waals surface area contributed by atoms with Crippen molar-refractivity contribution in [1.82, 2.24) is 14.5 Å². The number of nitrogens with one attached hydrogen (secondary N) is 1. The minimum Gasteiger partial charge on any atom is -0.398 e. The van der Waals surface area contributed by atoms with E-state index in [0.717, 1.165) is 46.6 Å². The largest absolute Gasteiger partial charge is 0.398 e. The summed E-state index contributed by atoms with van der Waals surface area (Å²) < 4.78 is 4.91. The summed E-state index contributed by atoms with van der Waals surface area (Å²) in [5, 5.41) is 9.03. The van der Waals surface area contributed by atoms with Crippen molar-refractivity contribution in [3.8, 4) is 5.69 Å². The summed E-state index contributed by atoms with van der Waals surface area (Å²) in [4.78, 5) is 0. The van der Waals surface area contributed by atoms with Gasteiger partial charge in [0.05, 0.1) is 22.1 Å². The lowest BCUT2D eigenvalue weighted by atomic mass is 10.0. The Kier molecular flexibility index (Phi) is 7.82. The van der Waals surface area contributed by atoms with Crippen LogP contribution in [0.4, 0.5) is 0 Å². The van der Waals surface area contributed by atoms with E-state index in [1.54, 1.807) is 0 Å². The monoisotopic (exact) mass is 658 g/mol. The van der Waals surface area contributed by atoms with E-state index in [2.05, 4.69) is 178 Å². The van der Waals surface area contributed by atoms with Gasteiger partial charge in [0, 0.05) is 51.5 Å². The summed E-state index contributed by atoms with van der Waals surface area (Å²) >= 11 is 0. The van der Waals surface area contributed by atoms with Crippen molar-refractivity contribution in [2.45, 2.75) is 19.0 Å². The van der Waals surface area contributed by atoms with Crippen LogP contribution < -0.4 is 11.1 Å². The van der Waals surface area contributed by atoms with Gasteiger partial charge in [0.1, 0.15) is 6.17 Å². The Labute approximate surface area is 297 Å². The molecule has 3 heterocycles. The quantitative estimate of drug-likeness (QED) is 0.167. The summed E-state index contributed by atoms with van der Waals surface area (Å²) in [7, 11) is 0. The first-order valence-electron chi connectivity index (χ1n) is 17.6. The molecule has 1 aliphatic rings. The maximum absolute atomic E-state index is 6.64. The third-order valence-electron chi connectivity index (χ3n) is 10.0. The van der Waals surface area contributed by atoms with Crippen LogP contribution >= 0.6 is 0 Å². The molecule has 6 aromatic carbocycles. The fourth-order valence-corrected chi connectivity index (χ4v) is 7.65. The molecule has 0 radical (unpaired) electrons. The Morgan fingerprint density at radius 3 is 1.98 bits per heavy atom. The van der Waals surface area contributed by atoms with Crippen LogP contribution in [-0.4, -0.2) is 9.13 Å². The molecular formula is C47H38N4. The molecule has 51 heavy (non-hydrogen) atoms. The van der Waals surface area contributed by atoms with Crippen molar-refractivity contribution in [2.75, 3.05) is 0 Å². The Morgan fingerprint density at radius 1 is 0.627 bits per heavy atom. The molecule has 0 aliphatic carbocycles. The summed E-state index contributed by atoms with van der Waals surface area (Å²) in [5.74, 6) is 0. The summed E-state index contributed by atoms with van der Waals surface area (Å²) in [5.41, 5.74) is 17.8. The maximum Gasteiger partial charge on any atom is 0.107 e. The van der Waals surface area contributed by atoms with E-state index < -0.39 is 0 Å². The van der Waals surface area contributed by atoms with E-state index in [-0.39, 0.29) is 6.17 Å². The van der Waals surface area contributed by atoms with Gasteiger partial charge in [0.2, 0.25) is 0 Å². The molecule has 1 aliphatic heterocycles. The molecule has 4 heteroatoms. The molecule has 2 aromatic heterocycles. The van der Waals surface area contributed by atoms with Gasteiger partial charge in [-0.05, 0) is 65.3 Å². The predicted octanol–water partition coefficient (Wildman–Crippen LogP) is 11.3. The molecule has 1 atom stereocenters. The van der Waals surface area contributed by atoms with E-state index in [1.807, 2.05) is 18.2 Å². The van der Waals surface area contributed by atoms with Gasteiger partial charge in [-0.2, -0.15) is 0 Å². The second-order valence-corrected chi connectivity index (χ2v) is 13.2. The average molecular weight is 659 g/mol. The maximum atomic E-state index is 6.64. The second kappa shape index (κ2) is 13.1. The normalized spacial score (nSPS) is 15.4. The van der Waals surface area contributed by atoms with E-state index in [0.29, 0.717) is 0 Å². The second-order valence-electron chi connectivity index (χ2n) is 13.2. The Balaban J connectivity index is 1.15. The first-order chi connectivity index (χ1) is 25.2. The smallest absolute Gasteiger partial charge is 0.107 e. The zero-order valence-corrected chi connectivity index (χ0v) is 28.3. The lowest BCUT2D eigenvalue weighted by molar-refractivity contribution is 0.468. The van der Waals surface area contributed by atoms with Gasteiger partial charge in [-0.1, -0.05) is 133 Å². The Morgan fingerprint density at radius 2 is 1.24 bits per heavy atom. The van der Waals surface area contributed by atoms with E-state index in [4.69, 9.17) is 5.73 Å². The first kappa shape index (κ1) is 30.5. The zero-order chi connectivity index (χ0) is 34.1. The van der Waals surface area contributed by atoms with Crippen molar-refractivity contribution >= 4 is 54.9 Å². The standard InChI is InChI=1S/C47H38N4/c48-42(34-18-6-2-7-19-34)30-35(33-16-4-1-5-17-33)28-29-36-20-10-15-27-47(49-36)51-44-26-14-12-24-39(44)41-31-40-38-23-11-13-25-43(38)50(45(40)32-46(41)51)37-21-8-3-9-22-37/h1-26,28,30-32,47,49H,27,29,48H2/b35-28+,42-30-. The highest BCUT2D eigenvalue weighted by Crippen LogP contribution is 2.40. The average Bonchev–Trinajstić information content (AvgIpc) is 3.57. The highest BCUT2D eigenvalue weighted by atomic mass is 15.2. The fourth-order valence-electron chi connectivity index (χ4n) is 7.65. The zero-order valence-electron chi connectivity index (χ0n) is 28.3. The van der Waals surface area contributed by atoms with E-state index >= 15 is 0 Å². The first-order valence-corrected chi connectivity index (χ1v) is 17.6. The number of hydrogen-bond acceptors (Lipinski definition) is 2. The molecule has 4 nitrogen and oxygen atoms in total. The molecule has 1 unspecified atom stereocenters. The number of allylic oxidation sites excluding steroid dienone is 5. The van der Waals surface area contributed by atoms with Crippen LogP contribution in [0.1, 0.15) is 30.1 Å². The van der Waals surface area contributed by atoms with Crippen molar-refractivity contribution in [2.24, 2.45) is 5.73 Å². The van der Waals surface area contributed by atoms with E-state index in [9.17, 15) is 0 Å². The van der Waals surface area contributed by atoms with Crippen LogP contribution in [0.3, 0.4) is 0 Å². The third-order valence-corrected chi connectivity index (χ3v) is 10.0. The minimum absolute atomic E-state index is 0.0166. The minimum atomic E-state index is 0.0166. The number of fused-ring (bicyclic) bond motifs is 6. The molecule has 0 bridgehead atoms. The number of hydrogen-bond donors (Lipinski definition) is 2. The number of nitrogens with two attached hydrogens (primary N) is 1. The number of nitrogens with zero attached hydrogens (tertiary/aromatic N) is 2. The van der Waals surface area contributed by atoms with Gasteiger partial charge in [-0.3, -0.25) is 0 Å². The molecule has 0 fully saturated rings. The van der Waals surface area contributed by atoms with Gasteiger partial charge in [-0.15, -0.1) is 0 Å². The van der Waals surface area contributed by atoms with E-state index in [1.165, 1.54) is 43.6 Å². The van der Waals surface area contributed by atoms with Crippen molar-refractivity contribution in [1.29, 1.82) is 0 Å². The van der Waals surface area contributed by atoms with Gasteiger partial charge in [0.15, 0.2) is 0 Å². The van der Waals surface area contributed by atoms with Crippen LogP contribution in [0.5, 0.6) is 0 Å². The number of rotatable bonds is 7. The number of aromatic nitrogens is 2. The summed E-state index contributed by atoms with van der Waals surface area (Å²) in [6.07, 6.45) is 12.7. The van der Waals surface area contributed by atoms with Crippen LogP contribution in [-0.2, 0) is 0 Å². The van der Waals surface area contributed by atoms with Gasteiger partial charge in [-0.25, -0.2) is 0 Å². The molecule has 0 saturated heterocycles. The molecule has 8 aromatic rings. The van der Waals surface area contributed by atoms with Crippen LogP contribution in [0, 0.1) is 0 Å². The summed E-state index contributed by atoms with van der Waals surface area (Å²) in [6, 6.07) is 53.8. The molecule has 0 saturated carbocycles. The fraction of sp³-hybridized carbons (Fsp3) is 0.0638. The van der Waals surface area contributed by atoms with Crippen LogP contribution in [0.15, 0.2) is 188 Å². The van der Waals surface area contributed by atoms with Crippen LogP contribution in [0.2, 0.25) is 0 Å². The third kappa shape index (κ3) is 5.61. The van der Waals surface area contributed by atoms with Gasteiger partial charge < -0.3 is 20.2 Å². The molecule has 246 valence electrons. The number of para-hydroxylation sites is 3. The van der Waals surface area contributed by atoms with Crippen molar-refractivity contribution < 1.29 is 0 Å². The van der Waals surface area contributed by atoms with Crippen LogP contribution in [0.25, 0.3) is 60.6 Å². The predicted molar refractivity (Wildman–Crippen MR) is 215 cm³/mol. The molecule has 0 amide bonds. The summed E-state index contributed by atoms with van der Waals surface area (Å²) in [6.45, 7) is 0. The van der Waals surface area contributed by atoms with Gasteiger partial charge >= 0.3 is 0 Å². The molecular weight excluding hydrogens is 621 g/mol. The topological polar surface area (TPSA) is 47.9 Å². The Bertz CT molecular complexity index is 2650. The molecule has 3 N–H and O–H groups in total. The molecule has 9 rings (SSSR count). The molecule has 0 spiro atoms. The highest BCUT2D eigenvalue weighted by Gasteiger charge is 2.22. The number of benzene rings is 6.